The van der Waals surface area contributed by atoms with Crippen LogP contribution in [0.1, 0.15) is 23.5 Å². The van der Waals surface area contributed by atoms with Crippen molar-refractivity contribution >= 4 is 23.2 Å². The summed E-state index contributed by atoms with van der Waals surface area (Å²) in [6, 6.07) is 7.89. The molecule has 0 aromatic heterocycles. The summed E-state index contributed by atoms with van der Waals surface area (Å²) >= 11 is 6.19. The first-order valence-corrected chi connectivity index (χ1v) is 7.42. The van der Waals surface area contributed by atoms with Gasteiger partial charge in [0.05, 0.1) is 19.9 Å². The van der Waals surface area contributed by atoms with Crippen molar-refractivity contribution in [1.82, 2.24) is 0 Å². The van der Waals surface area contributed by atoms with Gasteiger partial charge in [0, 0.05) is 40.6 Å². The molecule has 23 heavy (non-hydrogen) atoms. The number of carbonyl (C=O) groups is 1. The molecule has 0 spiro atoms. The van der Waals surface area contributed by atoms with Crippen LogP contribution in [0.5, 0.6) is 11.5 Å². The predicted octanol–water partition coefficient (Wildman–Crippen LogP) is 3.97. The number of benzene rings is 2. The number of carbonyl (C=O) groups excluding carboxylic acids is 1. The molecule has 0 radical (unpaired) electrons. The van der Waals surface area contributed by atoms with Crippen LogP contribution in [0.2, 0.25) is 5.02 Å². The summed E-state index contributed by atoms with van der Waals surface area (Å²) in [5.74, 6) is -0.115. The molecule has 0 fully saturated rings. The van der Waals surface area contributed by atoms with Crippen molar-refractivity contribution < 1.29 is 18.7 Å². The maximum atomic E-state index is 14.4. The Morgan fingerprint density at radius 1 is 1.22 bits per heavy atom. The van der Waals surface area contributed by atoms with E-state index in [1.807, 2.05) is 0 Å². The molecule has 0 saturated heterocycles. The monoisotopic (exact) mass is 335 g/mol. The van der Waals surface area contributed by atoms with E-state index in [1.165, 1.54) is 26.4 Å². The Kier molecular flexibility index (Phi) is 4.13. The Morgan fingerprint density at radius 3 is 2.65 bits per heavy atom. The second-order valence-corrected chi connectivity index (χ2v) is 5.64. The highest BCUT2D eigenvalue weighted by Crippen LogP contribution is 2.46. The summed E-state index contributed by atoms with van der Waals surface area (Å²) < 4.78 is 25.0. The lowest BCUT2D eigenvalue weighted by molar-refractivity contribution is -0.116. The summed E-state index contributed by atoms with van der Waals surface area (Å²) in [5.41, 5.74) is 1.54. The Bertz CT molecular complexity index is 758. The smallest absolute Gasteiger partial charge is 0.225 e. The molecule has 1 aliphatic rings. The fourth-order valence-electron chi connectivity index (χ4n) is 2.93. The van der Waals surface area contributed by atoms with Gasteiger partial charge in [-0.3, -0.25) is 4.79 Å². The molecule has 2 aromatic carbocycles. The van der Waals surface area contributed by atoms with E-state index in [-0.39, 0.29) is 17.4 Å². The van der Waals surface area contributed by atoms with Crippen LogP contribution in [0, 0.1) is 5.82 Å². The van der Waals surface area contributed by atoms with Crippen molar-refractivity contribution in [3.05, 3.63) is 52.3 Å². The summed E-state index contributed by atoms with van der Waals surface area (Å²) in [6.45, 7) is 0. The molecular weight excluding hydrogens is 321 g/mol. The predicted molar refractivity (Wildman–Crippen MR) is 86.0 cm³/mol. The second-order valence-electron chi connectivity index (χ2n) is 5.23. The quantitative estimate of drug-likeness (QED) is 0.923. The second kappa shape index (κ2) is 6.08. The van der Waals surface area contributed by atoms with E-state index in [4.69, 9.17) is 21.1 Å². The highest BCUT2D eigenvalue weighted by atomic mass is 35.5. The van der Waals surface area contributed by atoms with Crippen molar-refractivity contribution in [2.75, 3.05) is 19.5 Å². The number of hydrogen-bond acceptors (Lipinski definition) is 3. The molecule has 0 bridgehead atoms. The Hall–Kier alpha value is -2.27. The van der Waals surface area contributed by atoms with Gasteiger partial charge >= 0.3 is 0 Å². The first kappa shape index (κ1) is 15.6. The van der Waals surface area contributed by atoms with Gasteiger partial charge in [-0.2, -0.15) is 0 Å². The van der Waals surface area contributed by atoms with Gasteiger partial charge in [0.1, 0.15) is 17.3 Å². The van der Waals surface area contributed by atoms with Crippen molar-refractivity contribution in [2.45, 2.75) is 12.3 Å². The van der Waals surface area contributed by atoms with Gasteiger partial charge in [0.25, 0.3) is 0 Å². The number of rotatable bonds is 3. The standard InChI is InChI=1S/C17H15ClFNO3/c1-22-9-6-13-17(14(7-9)23-2)10(8-15(21)20-13)16-11(18)4-3-5-12(16)19/h3-7,10H,8H2,1-2H3,(H,20,21). The van der Waals surface area contributed by atoms with Crippen LogP contribution in [0.25, 0.3) is 0 Å². The van der Waals surface area contributed by atoms with Crippen LogP contribution >= 0.6 is 11.6 Å². The van der Waals surface area contributed by atoms with Crippen molar-refractivity contribution in [3.8, 4) is 11.5 Å². The molecule has 120 valence electrons. The van der Waals surface area contributed by atoms with Gasteiger partial charge in [-0.25, -0.2) is 4.39 Å². The summed E-state index contributed by atoms with van der Waals surface area (Å²) in [6.07, 6.45) is 0.0936. The molecule has 4 nitrogen and oxygen atoms in total. The fourth-order valence-corrected chi connectivity index (χ4v) is 3.22. The van der Waals surface area contributed by atoms with E-state index >= 15 is 0 Å². The molecule has 0 saturated carbocycles. The average Bonchev–Trinajstić information content (AvgIpc) is 2.53. The highest BCUT2D eigenvalue weighted by molar-refractivity contribution is 6.31. The van der Waals surface area contributed by atoms with Gasteiger partial charge in [-0.1, -0.05) is 17.7 Å². The van der Waals surface area contributed by atoms with Gasteiger partial charge in [0.2, 0.25) is 5.91 Å². The first-order chi connectivity index (χ1) is 11.0. The van der Waals surface area contributed by atoms with Gasteiger partial charge in [-0.15, -0.1) is 0 Å². The first-order valence-electron chi connectivity index (χ1n) is 7.04. The number of anilines is 1. The molecule has 1 amide bonds. The van der Waals surface area contributed by atoms with E-state index in [0.717, 1.165) is 0 Å². The van der Waals surface area contributed by atoms with Crippen molar-refractivity contribution in [1.29, 1.82) is 0 Å². The molecule has 1 atom stereocenters. The van der Waals surface area contributed by atoms with E-state index in [2.05, 4.69) is 5.32 Å². The molecule has 1 aliphatic heterocycles. The topological polar surface area (TPSA) is 47.6 Å². The lowest BCUT2D eigenvalue weighted by Gasteiger charge is -2.29. The Morgan fingerprint density at radius 2 is 2.00 bits per heavy atom. The third-order valence-corrected chi connectivity index (χ3v) is 4.26. The fraction of sp³-hybridized carbons (Fsp3) is 0.235. The zero-order chi connectivity index (χ0) is 16.6. The molecule has 1 heterocycles. The maximum absolute atomic E-state index is 14.4. The molecule has 1 N–H and O–H groups in total. The number of halogens is 2. The lowest BCUT2D eigenvalue weighted by atomic mass is 9.83. The Balaban J connectivity index is 2.24. The number of methoxy groups -OCH3 is 2. The lowest BCUT2D eigenvalue weighted by Crippen LogP contribution is -2.25. The molecule has 2 aromatic rings. The van der Waals surface area contributed by atoms with Crippen molar-refractivity contribution in [2.24, 2.45) is 0 Å². The molecule has 0 aliphatic carbocycles. The largest absolute Gasteiger partial charge is 0.497 e. The zero-order valence-electron chi connectivity index (χ0n) is 12.7. The third-order valence-electron chi connectivity index (χ3n) is 3.93. The van der Waals surface area contributed by atoms with Crippen molar-refractivity contribution in [3.63, 3.8) is 0 Å². The molecule has 1 unspecified atom stereocenters. The van der Waals surface area contributed by atoms with Crippen LogP contribution < -0.4 is 14.8 Å². The van der Waals surface area contributed by atoms with Gasteiger partial charge in [-0.05, 0) is 12.1 Å². The van der Waals surface area contributed by atoms with Crippen LogP contribution in [-0.2, 0) is 4.79 Å². The van der Waals surface area contributed by atoms with E-state index in [1.54, 1.807) is 18.2 Å². The van der Waals surface area contributed by atoms with Crippen LogP contribution in [0.3, 0.4) is 0 Å². The Labute approximate surface area is 138 Å². The van der Waals surface area contributed by atoms with Crippen LogP contribution in [0.4, 0.5) is 10.1 Å². The number of nitrogens with one attached hydrogen (secondary N) is 1. The minimum Gasteiger partial charge on any atom is -0.497 e. The molecule has 6 heteroatoms. The van der Waals surface area contributed by atoms with Gasteiger partial charge in [0.15, 0.2) is 0 Å². The van der Waals surface area contributed by atoms with E-state index in [9.17, 15) is 9.18 Å². The van der Waals surface area contributed by atoms with Crippen LogP contribution in [0.15, 0.2) is 30.3 Å². The molecular formula is C17H15ClFNO3. The van der Waals surface area contributed by atoms with Gasteiger partial charge < -0.3 is 14.8 Å². The third kappa shape index (κ3) is 2.72. The maximum Gasteiger partial charge on any atom is 0.225 e. The zero-order valence-corrected chi connectivity index (χ0v) is 13.4. The number of amides is 1. The number of fused-ring (bicyclic) bond motifs is 1. The minimum absolute atomic E-state index is 0.0936. The van der Waals surface area contributed by atoms with E-state index in [0.29, 0.717) is 28.3 Å². The van der Waals surface area contributed by atoms with E-state index < -0.39 is 11.7 Å². The minimum atomic E-state index is -0.520. The molecule has 3 rings (SSSR count). The summed E-state index contributed by atoms with van der Waals surface area (Å²) in [4.78, 5) is 12.1. The average molecular weight is 336 g/mol. The number of hydrogen-bond donors (Lipinski definition) is 1. The number of ether oxygens (including phenoxy) is 2. The normalized spacial score (nSPS) is 16.5. The highest BCUT2D eigenvalue weighted by Gasteiger charge is 2.33. The summed E-state index contributed by atoms with van der Waals surface area (Å²) in [7, 11) is 3.04. The summed E-state index contributed by atoms with van der Waals surface area (Å²) in [5, 5.41) is 3.07. The SMILES string of the molecule is COc1cc2c(c(OC)c1)C(c1c(F)cccc1Cl)CC(=O)N2. The van der Waals surface area contributed by atoms with Crippen LogP contribution in [-0.4, -0.2) is 20.1 Å².